The number of benzene rings is 1. The molecule has 0 atom stereocenters. The Morgan fingerprint density at radius 3 is 3.15 bits per heavy atom. The molecule has 2 aliphatic rings. The van der Waals surface area contributed by atoms with Crippen LogP contribution in [0, 0.1) is 0 Å². The number of hydrogen-bond donors (Lipinski definition) is 1. The fourth-order valence-corrected chi connectivity index (χ4v) is 2.01. The van der Waals surface area contributed by atoms with Crippen LogP contribution in [-0.2, 0) is 0 Å². The van der Waals surface area contributed by atoms with Crippen LogP contribution in [0.2, 0.25) is 0 Å². The number of hydrogen-bond acceptors (Lipinski definition) is 1. The van der Waals surface area contributed by atoms with Crippen LogP contribution < -0.4 is 10.6 Å². The zero-order chi connectivity index (χ0) is 8.67. The zero-order valence-corrected chi connectivity index (χ0v) is 7.38. The fourth-order valence-electron chi connectivity index (χ4n) is 2.01. The molecule has 2 heterocycles. The summed E-state index contributed by atoms with van der Waals surface area (Å²) in [5.41, 5.74) is 3.86. The minimum atomic E-state index is 1.07. The lowest BCUT2D eigenvalue weighted by Crippen LogP contribution is -2.22. The van der Waals surface area contributed by atoms with Crippen LogP contribution in [0.3, 0.4) is 0 Å². The van der Waals surface area contributed by atoms with Crippen LogP contribution in [0.5, 0.6) is 0 Å². The third kappa shape index (κ3) is 0.949. The predicted molar refractivity (Wildman–Crippen MR) is 52.4 cm³/mol. The molecule has 2 heteroatoms. The molecule has 1 aromatic rings. The first kappa shape index (κ1) is 7.01. The van der Waals surface area contributed by atoms with Crippen LogP contribution in [0.1, 0.15) is 18.4 Å². The van der Waals surface area contributed by atoms with Crippen LogP contribution in [0.15, 0.2) is 30.1 Å². The molecule has 0 bridgehead atoms. The number of nitrogens with zero attached hydrogens (tertiary/aromatic N) is 1. The summed E-state index contributed by atoms with van der Waals surface area (Å²) in [4.78, 5) is 0. The third-order valence-electron chi connectivity index (χ3n) is 2.64. The highest BCUT2D eigenvalue weighted by Gasteiger charge is 2.23. The lowest BCUT2D eigenvalue weighted by Gasteiger charge is -2.14. The molecule has 3 rings (SSSR count). The van der Waals surface area contributed by atoms with E-state index in [0.717, 1.165) is 18.1 Å². The van der Waals surface area contributed by atoms with Crippen molar-refractivity contribution >= 4 is 11.3 Å². The van der Waals surface area contributed by atoms with Gasteiger partial charge >= 0.3 is 0 Å². The highest BCUT2D eigenvalue weighted by atomic mass is 15.1. The van der Waals surface area contributed by atoms with Gasteiger partial charge in [-0.15, -0.1) is 0 Å². The van der Waals surface area contributed by atoms with Crippen molar-refractivity contribution in [3.63, 3.8) is 0 Å². The Morgan fingerprint density at radius 2 is 2.15 bits per heavy atom. The molecule has 0 spiro atoms. The van der Waals surface area contributed by atoms with E-state index in [1.165, 1.54) is 24.0 Å². The van der Waals surface area contributed by atoms with Crippen LogP contribution >= 0.6 is 0 Å². The van der Waals surface area contributed by atoms with E-state index in [-0.39, 0.29) is 0 Å². The summed E-state index contributed by atoms with van der Waals surface area (Å²) >= 11 is 0. The molecule has 0 aliphatic carbocycles. The molecule has 0 aromatic heterocycles. The zero-order valence-electron chi connectivity index (χ0n) is 7.38. The number of nitrogens with one attached hydrogen (secondary N) is 1. The van der Waals surface area contributed by atoms with Crippen molar-refractivity contribution in [3.05, 3.63) is 35.6 Å². The second-order valence-corrected chi connectivity index (χ2v) is 3.49. The van der Waals surface area contributed by atoms with Crippen molar-refractivity contribution in [3.8, 4) is 0 Å². The van der Waals surface area contributed by atoms with E-state index >= 15 is 0 Å². The summed E-state index contributed by atoms with van der Waals surface area (Å²) in [7, 11) is 0. The van der Waals surface area contributed by atoms with Gasteiger partial charge in [-0.2, -0.15) is 0 Å². The van der Waals surface area contributed by atoms with Gasteiger partial charge in [0.1, 0.15) is 5.82 Å². The van der Waals surface area contributed by atoms with Crippen molar-refractivity contribution in [1.29, 1.82) is 0 Å². The molecule has 0 amide bonds. The smallest absolute Gasteiger partial charge is 0.130 e. The van der Waals surface area contributed by atoms with Gasteiger partial charge in [0.2, 0.25) is 0 Å². The molecule has 0 saturated carbocycles. The van der Waals surface area contributed by atoms with Gasteiger partial charge in [0.05, 0.1) is 5.69 Å². The maximum absolute atomic E-state index is 4.54. The normalized spacial score (nSPS) is 18.8. The molecule has 65 valence electrons. The van der Waals surface area contributed by atoms with E-state index < -0.39 is 0 Å². The number of allylic oxidation sites excluding steroid dienone is 1. The average Bonchev–Trinajstić information content (AvgIpc) is 2.56. The number of para-hydroxylation sites is 1. The van der Waals surface area contributed by atoms with Crippen molar-refractivity contribution < 1.29 is 0 Å². The average molecular weight is 171 g/mol. The van der Waals surface area contributed by atoms with E-state index in [2.05, 4.69) is 28.8 Å². The topological polar surface area (TPSA) is 26.1 Å². The molecule has 1 N–H and O–H groups in total. The Bertz CT molecular complexity index is 379. The minimum Gasteiger partial charge on any atom is -0.370 e. The Labute approximate surface area is 77.7 Å². The summed E-state index contributed by atoms with van der Waals surface area (Å²) < 4.78 is 0. The van der Waals surface area contributed by atoms with E-state index in [9.17, 15) is 0 Å². The second-order valence-electron chi connectivity index (χ2n) is 3.49. The lowest BCUT2D eigenvalue weighted by atomic mass is 10.0. The summed E-state index contributed by atoms with van der Waals surface area (Å²) in [5.74, 6) is 1.10. The molecule has 0 saturated heterocycles. The highest BCUT2D eigenvalue weighted by Crippen LogP contribution is 2.37. The second kappa shape index (κ2) is 2.52. The molecule has 1 aromatic carbocycles. The molecule has 2 nitrogen and oxygen atoms in total. The van der Waals surface area contributed by atoms with Gasteiger partial charge < -0.3 is 5.32 Å². The van der Waals surface area contributed by atoms with Crippen LogP contribution in [0.25, 0.3) is 5.57 Å². The van der Waals surface area contributed by atoms with Crippen LogP contribution in [0.4, 0.5) is 5.69 Å². The van der Waals surface area contributed by atoms with Gasteiger partial charge in [0.25, 0.3) is 0 Å². The van der Waals surface area contributed by atoms with Gasteiger partial charge in [-0.05, 0) is 18.9 Å². The number of rotatable bonds is 0. The first-order valence-electron chi connectivity index (χ1n) is 4.73. The van der Waals surface area contributed by atoms with E-state index in [4.69, 9.17) is 0 Å². The molecule has 2 aliphatic heterocycles. The summed E-state index contributed by atoms with van der Waals surface area (Å²) in [6.45, 7) is 1.07. The molecule has 0 unspecified atom stereocenters. The van der Waals surface area contributed by atoms with Gasteiger partial charge in [0.15, 0.2) is 0 Å². The molecular formula is C11H11N2. The van der Waals surface area contributed by atoms with E-state index in [0.29, 0.717) is 0 Å². The fraction of sp³-hybridized carbons (Fsp3) is 0.273. The first-order valence-corrected chi connectivity index (χ1v) is 4.73. The quantitative estimate of drug-likeness (QED) is 0.634. The SMILES string of the molecule is c1ccc2c(c1)[N]C1=C2CCCN1. The Hall–Kier alpha value is -1.44. The molecule has 13 heavy (non-hydrogen) atoms. The van der Waals surface area contributed by atoms with Crippen molar-refractivity contribution in [2.45, 2.75) is 12.8 Å². The third-order valence-corrected chi connectivity index (χ3v) is 2.64. The Kier molecular flexibility index (Phi) is 1.36. The largest absolute Gasteiger partial charge is 0.370 e. The van der Waals surface area contributed by atoms with Crippen molar-refractivity contribution in [2.24, 2.45) is 0 Å². The lowest BCUT2D eigenvalue weighted by molar-refractivity contribution is 0.679. The van der Waals surface area contributed by atoms with Gasteiger partial charge in [-0.3, -0.25) is 0 Å². The first-order chi connectivity index (χ1) is 6.45. The highest BCUT2D eigenvalue weighted by molar-refractivity contribution is 5.82. The minimum absolute atomic E-state index is 1.07. The van der Waals surface area contributed by atoms with Gasteiger partial charge in [0, 0.05) is 17.7 Å². The molecule has 1 radical (unpaired) electrons. The number of fused-ring (bicyclic) bond motifs is 2. The maximum Gasteiger partial charge on any atom is 0.130 e. The Morgan fingerprint density at radius 1 is 1.23 bits per heavy atom. The van der Waals surface area contributed by atoms with Gasteiger partial charge in [-0.25, -0.2) is 5.32 Å². The molecule has 0 fully saturated rings. The monoisotopic (exact) mass is 171 g/mol. The summed E-state index contributed by atoms with van der Waals surface area (Å²) in [6, 6.07) is 8.36. The predicted octanol–water partition coefficient (Wildman–Crippen LogP) is 1.99. The molecular weight excluding hydrogens is 160 g/mol. The maximum atomic E-state index is 4.54. The van der Waals surface area contributed by atoms with Crippen LogP contribution in [-0.4, -0.2) is 6.54 Å². The Balaban J connectivity index is 2.12. The van der Waals surface area contributed by atoms with E-state index in [1.807, 2.05) is 6.07 Å². The van der Waals surface area contributed by atoms with E-state index in [1.54, 1.807) is 0 Å². The van der Waals surface area contributed by atoms with Gasteiger partial charge in [-0.1, -0.05) is 18.2 Å². The van der Waals surface area contributed by atoms with Crippen molar-refractivity contribution in [1.82, 2.24) is 10.6 Å². The summed E-state index contributed by atoms with van der Waals surface area (Å²) in [6.07, 6.45) is 2.39. The standard InChI is InChI=1S/C11H11N2/c1-2-6-10-8(4-1)9-5-3-7-12-11(9)13-10/h1-2,4,6,12H,3,5,7H2. The van der Waals surface area contributed by atoms with Crippen molar-refractivity contribution in [2.75, 3.05) is 6.54 Å². The summed E-state index contributed by atoms with van der Waals surface area (Å²) in [5, 5.41) is 7.88.